The van der Waals surface area contributed by atoms with Gasteiger partial charge < -0.3 is 10.5 Å². The maximum Gasteiger partial charge on any atom is 0.181 e. The van der Waals surface area contributed by atoms with E-state index in [2.05, 4.69) is 17.0 Å². The van der Waals surface area contributed by atoms with E-state index in [9.17, 15) is 0 Å². The van der Waals surface area contributed by atoms with Crippen LogP contribution < -0.4 is 5.73 Å². The molecule has 0 spiro atoms. The van der Waals surface area contributed by atoms with Gasteiger partial charge in [-0.3, -0.25) is 0 Å². The molecule has 0 radical (unpaired) electrons. The summed E-state index contributed by atoms with van der Waals surface area (Å²) in [4.78, 5) is 0. The SMILES string of the molecule is CCOCCN(CC)N1CSC(N)=N1. The maximum atomic E-state index is 5.59. The smallest absolute Gasteiger partial charge is 0.181 e. The molecular formula is C8H18N4OS. The Labute approximate surface area is 89.2 Å². The molecule has 82 valence electrons. The number of hydrazone groups is 1. The molecule has 2 N–H and O–H groups in total. The Balaban J connectivity index is 2.30. The first-order chi connectivity index (χ1) is 6.77. The van der Waals surface area contributed by atoms with E-state index in [0.717, 1.165) is 32.2 Å². The van der Waals surface area contributed by atoms with Crippen molar-refractivity contribution in [3.63, 3.8) is 0 Å². The third kappa shape index (κ3) is 3.36. The van der Waals surface area contributed by atoms with E-state index in [1.54, 1.807) is 11.8 Å². The zero-order chi connectivity index (χ0) is 10.4. The van der Waals surface area contributed by atoms with Gasteiger partial charge in [-0.25, -0.2) is 10.1 Å². The molecule has 0 atom stereocenters. The van der Waals surface area contributed by atoms with Crippen LogP contribution in [0.25, 0.3) is 0 Å². The summed E-state index contributed by atoms with van der Waals surface area (Å²) in [6, 6.07) is 0. The van der Waals surface area contributed by atoms with Crippen LogP contribution in [0.5, 0.6) is 0 Å². The lowest BCUT2D eigenvalue weighted by molar-refractivity contribution is -0.0202. The first-order valence-electron chi connectivity index (χ1n) is 4.85. The summed E-state index contributed by atoms with van der Waals surface area (Å²) >= 11 is 1.56. The Morgan fingerprint density at radius 2 is 2.43 bits per heavy atom. The first kappa shape index (κ1) is 11.6. The van der Waals surface area contributed by atoms with Crippen molar-refractivity contribution < 1.29 is 4.74 Å². The number of amidine groups is 1. The summed E-state index contributed by atoms with van der Waals surface area (Å²) in [5, 5.41) is 8.87. The number of hydrogen-bond donors (Lipinski definition) is 1. The Morgan fingerprint density at radius 3 is 2.93 bits per heavy atom. The van der Waals surface area contributed by atoms with E-state index in [0.29, 0.717) is 5.17 Å². The highest BCUT2D eigenvalue weighted by Crippen LogP contribution is 2.15. The van der Waals surface area contributed by atoms with Crippen LogP contribution in [-0.2, 0) is 4.74 Å². The highest BCUT2D eigenvalue weighted by Gasteiger charge is 2.17. The highest BCUT2D eigenvalue weighted by atomic mass is 32.2. The van der Waals surface area contributed by atoms with Crippen molar-refractivity contribution >= 4 is 16.9 Å². The second-order valence-corrected chi connectivity index (χ2v) is 3.79. The molecule has 0 aromatic carbocycles. The molecule has 5 nitrogen and oxygen atoms in total. The van der Waals surface area contributed by atoms with Gasteiger partial charge in [-0.15, -0.1) is 5.10 Å². The minimum Gasteiger partial charge on any atom is -0.380 e. The monoisotopic (exact) mass is 218 g/mol. The van der Waals surface area contributed by atoms with Gasteiger partial charge in [0, 0.05) is 19.7 Å². The zero-order valence-corrected chi connectivity index (χ0v) is 9.59. The average Bonchev–Trinajstić information content (AvgIpc) is 2.60. The predicted molar refractivity (Wildman–Crippen MR) is 59.7 cm³/mol. The van der Waals surface area contributed by atoms with E-state index in [1.807, 2.05) is 12.0 Å². The maximum absolute atomic E-state index is 5.59. The summed E-state index contributed by atoms with van der Waals surface area (Å²) in [5.41, 5.74) is 5.59. The Hall–Kier alpha value is -0.460. The zero-order valence-electron chi connectivity index (χ0n) is 8.77. The molecule has 0 amide bonds. The molecule has 1 rings (SSSR count). The minimum atomic E-state index is 0.639. The van der Waals surface area contributed by atoms with Gasteiger partial charge in [-0.1, -0.05) is 18.7 Å². The van der Waals surface area contributed by atoms with Crippen molar-refractivity contribution in [3.05, 3.63) is 0 Å². The third-order valence-corrected chi connectivity index (χ3v) is 2.67. The minimum absolute atomic E-state index is 0.639. The number of nitrogens with zero attached hydrogens (tertiary/aromatic N) is 3. The van der Waals surface area contributed by atoms with E-state index in [1.165, 1.54) is 0 Å². The number of ether oxygens (including phenoxy) is 1. The van der Waals surface area contributed by atoms with Gasteiger partial charge in [0.15, 0.2) is 5.17 Å². The van der Waals surface area contributed by atoms with Crippen LogP contribution in [0.4, 0.5) is 0 Å². The summed E-state index contributed by atoms with van der Waals surface area (Å²) in [6.07, 6.45) is 0. The molecule has 0 bridgehead atoms. The van der Waals surface area contributed by atoms with Gasteiger partial charge in [0.1, 0.15) is 5.88 Å². The van der Waals surface area contributed by atoms with E-state index in [-0.39, 0.29) is 0 Å². The fourth-order valence-corrected chi connectivity index (χ4v) is 1.81. The molecule has 0 aliphatic carbocycles. The molecule has 1 aliphatic rings. The average molecular weight is 218 g/mol. The van der Waals surface area contributed by atoms with Crippen LogP contribution >= 0.6 is 11.8 Å². The van der Waals surface area contributed by atoms with Crippen molar-refractivity contribution in [1.29, 1.82) is 0 Å². The summed E-state index contributed by atoms with van der Waals surface area (Å²) in [7, 11) is 0. The number of likely N-dealkylation sites (N-methyl/N-ethyl adjacent to an activating group) is 1. The molecule has 0 unspecified atom stereocenters. The van der Waals surface area contributed by atoms with Gasteiger partial charge in [0.25, 0.3) is 0 Å². The molecule has 6 heteroatoms. The Morgan fingerprint density at radius 1 is 1.64 bits per heavy atom. The Bertz CT molecular complexity index is 200. The van der Waals surface area contributed by atoms with Crippen LogP contribution in [0.2, 0.25) is 0 Å². The number of hydrogen-bond acceptors (Lipinski definition) is 6. The van der Waals surface area contributed by atoms with Crippen molar-refractivity contribution in [3.8, 4) is 0 Å². The molecule has 1 heterocycles. The highest BCUT2D eigenvalue weighted by molar-refractivity contribution is 8.13. The van der Waals surface area contributed by atoms with Crippen LogP contribution in [0.3, 0.4) is 0 Å². The second kappa shape index (κ2) is 6.10. The largest absolute Gasteiger partial charge is 0.380 e. The molecule has 0 saturated heterocycles. The summed E-state index contributed by atoms with van der Waals surface area (Å²) < 4.78 is 5.30. The first-order valence-corrected chi connectivity index (χ1v) is 5.83. The van der Waals surface area contributed by atoms with Gasteiger partial charge in [0.05, 0.1) is 6.61 Å². The van der Waals surface area contributed by atoms with Gasteiger partial charge in [-0.2, -0.15) is 0 Å². The third-order valence-electron chi connectivity index (χ3n) is 1.93. The molecule has 1 aliphatic heterocycles. The second-order valence-electron chi connectivity index (χ2n) is 2.83. The lowest BCUT2D eigenvalue weighted by atomic mass is 10.6. The van der Waals surface area contributed by atoms with Gasteiger partial charge in [-0.05, 0) is 6.92 Å². The van der Waals surface area contributed by atoms with E-state index >= 15 is 0 Å². The molecule has 0 fully saturated rings. The molecular weight excluding hydrogens is 200 g/mol. The summed E-state index contributed by atoms with van der Waals surface area (Å²) in [6.45, 7) is 7.38. The number of hydrazine groups is 1. The van der Waals surface area contributed by atoms with E-state index < -0.39 is 0 Å². The Kier molecular flexibility index (Phi) is 5.06. The molecule has 0 saturated carbocycles. The van der Waals surface area contributed by atoms with Crippen LogP contribution in [-0.4, -0.2) is 47.5 Å². The van der Waals surface area contributed by atoms with Crippen molar-refractivity contribution in [2.45, 2.75) is 13.8 Å². The lowest BCUT2D eigenvalue weighted by Crippen LogP contribution is -2.39. The van der Waals surface area contributed by atoms with Gasteiger partial charge >= 0.3 is 0 Å². The molecule has 14 heavy (non-hydrogen) atoms. The van der Waals surface area contributed by atoms with Crippen LogP contribution in [0.1, 0.15) is 13.8 Å². The fraction of sp³-hybridized carbons (Fsp3) is 0.875. The normalized spacial score (nSPS) is 16.5. The van der Waals surface area contributed by atoms with Crippen molar-refractivity contribution in [2.24, 2.45) is 10.8 Å². The summed E-state index contributed by atoms with van der Waals surface area (Å²) in [5.74, 6) is 0.811. The number of rotatable bonds is 6. The topological polar surface area (TPSA) is 54.1 Å². The standard InChI is InChI=1S/C8H18N4OS/c1-3-11(5-6-13-4-2)12-7-14-8(9)10-12/h3-7H2,1-2H3,(H2,9,10). The van der Waals surface area contributed by atoms with Gasteiger partial charge in [0.2, 0.25) is 0 Å². The van der Waals surface area contributed by atoms with Crippen molar-refractivity contribution in [1.82, 2.24) is 10.1 Å². The number of thioether (sulfide) groups is 1. The van der Waals surface area contributed by atoms with E-state index in [4.69, 9.17) is 10.5 Å². The van der Waals surface area contributed by atoms with Crippen LogP contribution in [0.15, 0.2) is 5.10 Å². The number of nitrogens with two attached hydrogens (primary N) is 1. The van der Waals surface area contributed by atoms with Crippen LogP contribution in [0, 0.1) is 0 Å². The molecule has 0 aromatic rings. The predicted octanol–water partition coefficient (Wildman–Crippen LogP) is 0.496. The fourth-order valence-electron chi connectivity index (χ4n) is 1.19. The van der Waals surface area contributed by atoms with Crippen molar-refractivity contribution in [2.75, 3.05) is 32.2 Å². The lowest BCUT2D eigenvalue weighted by Gasteiger charge is -2.27. The quantitative estimate of drug-likeness (QED) is 0.658. The molecule has 0 aromatic heterocycles.